The smallest absolute Gasteiger partial charge is 0.359 e. The summed E-state index contributed by atoms with van der Waals surface area (Å²) in [6.07, 6.45) is 9.88. The van der Waals surface area contributed by atoms with Gasteiger partial charge in [0.2, 0.25) is 5.95 Å². The molecule has 212 valence electrons. The zero-order valence-corrected chi connectivity index (χ0v) is 23.5. The normalized spacial score (nSPS) is 15.4. The molecule has 0 atom stereocenters. The lowest BCUT2D eigenvalue weighted by atomic mass is 10.0. The molecule has 0 spiro atoms. The van der Waals surface area contributed by atoms with Gasteiger partial charge in [-0.05, 0) is 62.6 Å². The molecule has 0 aliphatic heterocycles. The molecule has 0 radical (unpaired) electrons. The molecule has 0 unspecified atom stereocenters. The lowest BCUT2D eigenvalue weighted by Crippen LogP contribution is -2.42. The average molecular weight is 560 g/mol. The van der Waals surface area contributed by atoms with E-state index in [1.54, 1.807) is 32.2 Å². The topological polar surface area (TPSA) is 129 Å². The first kappa shape index (κ1) is 30.4. The summed E-state index contributed by atoms with van der Waals surface area (Å²) in [6, 6.07) is 5.55. The van der Waals surface area contributed by atoms with Gasteiger partial charge >= 0.3 is 11.4 Å². The minimum Gasteiger partial charge on any atom is -0.393 e. The lowest BCUT2D eigenvalue weighted by molar-refractivity contribution is 0.619. The minimum atomic E-state index is -0.904. The molecule has 1 aromatic heterocycles. The van der Waals surface area contributed by atoms with Crippen molar-refractivity contribution in [1.82, 2.24) is 19.4 Å². The summed E-state index contributed by atoms with van der Waals surface area (Å²) in [4.78, 5) is 31.2. The lowest BCUT2D eigenvalue weighted by Gasteiger charge is -2.19. The first-order chi connectivity index (χ1) is 19.5. The van der Waals surface area contributed by atoms with Crippen LogP contribution in [-0.2, 0) is 6.54 Å². The molecule has 0 saturated heterocycles. The first-order valence-electron chi connectivity index (χ1n) is 12.8. The summed E-state index contributed by atoms with van der Waals surface area (Å²) < 4.78 is 30.9. The zero-order valence-electron chi connectivity index (χ0n) is 23.5. The van der Waals surface area contributed by atoms with Gasteiger partial charge in [-0.1, -0.05) is 30.7 Å². The molecule has 11 heteroatoms. The van der Waals surface area contributed by atoms with E-state index in [1.165, 1.54) is 24.4 Å². The van der Waals surface area contributed by atoms with Gasteiger partial charge in [0.05, 0.1) is 29.2 Å². The van der Waals surface area contributed by atoms with Crippen molar-refractivity contribution in [2.45, 2.75) is 40.7 Å². The van der Waals surface area contributed by atoms with Crippen LogP contribution in [-0.4, -0.2) is 26.9 Å². The quantitative estimate of drug-likeness (QED) is 0.375. The van der Waals surface area contributed by atoms with Gasteiger partial charge in [0.1, 0.15) is 17.7 Å². The van der Waals surface area contributed by atoms with Crippen LogP contribution in [0.5, 0.6) is 0 Å². The standard InChI is InChI=1S/C30H31F2N7O2/c1-6-18(3)10-19(4)11-23(7-2)39-29(40)37-28(36-27-13-22(16-35-5)26(34)14-25(27)32)38(30(39)41)17-20-8-9-24(31)21(12-20)15-33/h7-14,16,34-35H,6,17H2,1-5H3,(H,36,37,40)/b18-10+,19-11-,22-16-,23-7+,34-26?. The molecule has 9 nitrogen and oxygen atoms in total. The van der Waals surface area contributed by atoms with E-state index < -0.39 is 23.0 Å². The highest BCUT2D eigenvalue weighted by Crippen LogP contribution is 2.23. The summed E-state index contributed by atoms with van der Waals surface area (Å²) in [5, 5.41) is 22.7. The van der Waals surface area contributed by atoms with Gasteiger partial charge in [-0.25, -0.2) is 22.9 Å². The highest BCUT2D eigenvalue weighted by Gasteiger charge is 2.21. The molecular weight excluding hydrogens is 528 g/mol. The second kappa shape index (κ2) is 13.3. The van der Waals surface area contributed by atoms with E-state index in [-0.39, 0.29) is 35.2 Å². The Balaban J connectivity index is 2.24. The SMILES string of the molecule is C\C=C(/C=C(C)\C=C(/C)CC)n1c(=O)nc(NC2=C/C(=C/NC)C(=N)C=C2F)n(Cc2ccc(F)c(C#N)c2)c1=O. The van der Waals surface area contributed by atoms with Crippen molar-refractivity contribution in [3.05, 3.63) is 121 Å². The first-order valence-corrected chi connectivity index (χ1v) is 12.8. The number of hydrogen-bond acceptors (Lipinski definition) is 7. The van der Waals surface area contributed by atoms with Crippen molar-refractivity contribution < 1.29 is 8.78 Å². The van der Waals surface area contributed by atoms with Gasteiger partial charge in [0, 0.05) is 24.9 Å². The Hall–Kier alpha value is -5.11. The number of nitrogens with zero attached hydrogens (tertiary/aromatic N) is 4. The highest BCUT2D eigenvalue weighted by molar-refractivity contribution is 6.10. The van der Waals surface area contributed by atoms with Crippen LogP contribution in [0.15, 0.2) is 92.6 Å². The van der Waals surface area contributed by atoms with Crippen LogP contribution in [0.3, 0.4) is 0 Å². The number of benzene rings is 1. The second-order valence-electron chi connectivity index (χ2n) is 9.27. The number of rotatable bonds is 9. The third kappa shape index (κ3) is 7.10. The molecule has 0 fully saturated rings. The number of hydrogen-bond donors (Lipinski definition) is 3. The molecule has 0 bridgehead atoms. The van der Waals surface area contributed by atoms with Gasteiger partial charge in [-0.15, -0.1) is 0 Å². The monoisotopic (exact) mass is 559 g/mol. The Morgan fingerprint density at radius 3 is 2.56 bits per heavy atom. The molecule has 3 rings (SSSR count). The molecular formula is C30H31F2N7O2. The fourth-order valence-corrected chi connectivity index (χ4v) is 4.02. The largest absolute Gasteiger partial charge is 0.393 e. The molecule has 41 heavy (non-hydrogen) atoms. The third-order valence-electron chi connectivity index (χ3n) is 6.21. The van der Waals surface area contributed by atoms with Crippen molar-refractivity contribution in [1.29, 1.82) is 10.7 Å². The zero-order chi connectivity index (χ0) is 30.3. The predicted octanol–water partition coefficient (Wildman–Crippen LogP) is 4.91. The fraction of sp³-hybridized carbons (Fsp3) is 0.233. The van der Waals surface area contributed by atoms with E-state index in [2.05, 4.69) is 15.6 Å². The molecule has 2 aromatic rings. The van der Waals surface area contributed by atoms with E-state index in [0.717, 1.165) is 38.8 Å². The summed E-state index contributed by atoms with van der Waals surface area (Å²) in [5.74, 6) is -1.79. The number of halogens is 2. The molecule has 1 aromatic carbocycles. The van der Waals surface area contributed by atoms with Crippen molar-refractivity contribution in [3.63, 3.8) is 0 Å². The van der Waals surface area contributed by atoms with Crippen molar-refractivity contribution in [2.24, 2.45) is 0 Å². The van der Waals surface area contributed by atoms with E-state index >= 15 is 0 Å². The van der Waals surface area contributed by atoms with E-state index in [1.807, 2.05) is 26.8 Å². The summed E-state index contributed by atoms with van der Waals surface area (Å²) in [6.45, 7) is 7.29. The van der Waals surface area contributed by atoms with Crippen LogP contribution in [0.1, 0.15) is 45.2 Å². The van der Waals surface area contributed by atoms with Crippen LogP contribution >= 0.6 is 0 Å². The Morgan fingerprint density at radius 1 is 1.20 bits per heavy atom. The average Bonchev–Trinajstić information content (AvgIpc) is 2.93. The number of allylic oxidation sites excluding steroid dienone is 10. The Morgan fingerprint density at radius 2 is 1.93 bits per heavy atom. The Bertz CT molecular complexity index is 1730. The molecule has 1 heterocycles. The van der Waals surface area contributed by atoms with E-state index in [0.29, 0.717) is 11.1 Å². The van der Waals surface area contributed by atoms with Gasteiger partial charge in [-0.2, -0.15) is 10.2 Å². The number of aromatic nitrogens is 3. The Labute approximate surface area is 236 Å². The molecule has 1 aliphatic rings. The van der Waals surface area contributed by atoms with Crippen molar-refractivity contribution in [3.8, 4) is 6.07 Å². The van der Waals surface area contributed by atoms with Gasteiger partial charge in [-0.3, -0.25) is 4.57 Å². The minimum absolute atomic E-state index is 0.0780. The van der Waals surface area contributed by atoms with E-state index in [4.69, 9.17) is 5.41 Å². The van der Waals surface area contributed by atoms with Gasteiger partial charge in [0.15, 0.2) is 0 Å². The van der Waals surface area contributed by atoms with E-state index in [9.17, 15) is 23.6 Å². The van der Waals surface area contributed by atoms with Crippen LogP contribution < -0.4 is 22.0 Å². The highest BCUT2D eigenvalue weighted by atomic mass is 19.1. The van der Waals surface area contributed by atoms with Crippen LogP contribution in [0.25, 0.3) is 5.70 Å². The predicted molar refractivity (Wildman–Crippen MR) is 156 cm³/mol. The fourth-order valence-electron chi connectivity index (χ4n) is 4.02. The maximum atomic E-state index is 14.9. The molecule has 0 amide bonds. The molecule has 0 saturated carbocycles. The number of anilines is 1. The summed E-state index contributed by atoms with van der Waals surface area (Å²) in [7, 11) is 1.63. The van der Waals surface area contributed by atoms with Gasteiger partial charge < -0.3 is 16.0 Å². The second-order valence-corrected chi connectivity index (χ2v) is 9.27. The number of nitrogens with one attached hydrogen (secondary N) is 3. The maximum Gasteiger partial charge on any atom is 0.359 e. The maximum absolute atomic E-state index is 14.9. The van der Waals surface area contributed by atoms with Crippen LogP contribution in [0, 0.1) is 22.6 Å². The third-order valence-corrected chi connectivity index (χ3v) is 6.21. The van der Waals surface area contributed by atoms with Crippen molar-refractivity contribution >= 4 is 17.4 Å². The summed E-state index contributed by atoms with van der Waals surface area (Å²) in [5.41, 5.74) is 0.799. The number of nitriles is 1. The van der Waals surface area contributed by atoms with Crippen molar-refractivity contribution in [2.75, 3.05) is 12.4 Å². The van der Waals surface area contributed by atoms with Crippen LogP contribution in [0.4, 0.5) is 14.7 Å². The summed E-state index contributed by atoms with van der Waals surface area (Å²) >= 11 is 0. The molecule has 1 aliphatic carbocycles. The Kier molecular flexibility index (Phi) is 9.87. The van der Waals surface area contributed by atoms with Gasteiger partial charge in [0.25, 0.3) is 0 Å². The van der Waals surface area contributed by atoms with Crippen LogP contribution in [0.2, 0.25) is 0 Å². The molecule has 3 N–H and O–H groups in total.